The first-order valence-corrected chi connectivity index (χ1v) is 10.5. The SMILES string of the molecule is COc1cc(-c2csc(=Nc3ccc(F)cc3F)n2N=Cc2ccco2)cc(OC)c1OC. The van der Waals surface area contributed by atoms with Crippen LogP contribution in [0.1, 0.15) is 5.76 Å². The third-order valence-electron chi connectivity index (χ3n) is 4.62. The van der Waals surface area contributed by atoms with Gasteiger partial charge in [-0.1, -0.05) is 0 Å². The normalized spacial score (nSPS) is 11.8. The van der Waals surface area contributed by atoms with E-state index in [0.717, 1.165) is 12.1 Å². The molecule has 7 nitrogen and oxygen atoms in total. The van der Waals surface area contributed by atoms with Crippen LogP contribution in [-0.2, 0) is 0 Å². The number of thiazole rings is 1. The molecule has 0 saturated heterocycles. The minimum Gasteiger partial charge on any atom is -0.493 e. The summed E-state index contributed by atoms with van der Waals surface area (Å²) in [6.45, 7) is 0. The van der Waals surface area contributed by atoms with Crippen LogP contribution in [0, 0.1) is 11.6 Å². The lowest BCUT2D eigenvalue weighted by molar-refractivity contribution is 0.324. The molecule has 0 unspecified atom stereocenters. The van der Waals surface area contributed by atoms with Crippen molar-refractivity contribution in [3.05, 3.63) is 76.3 Å². The highest BCUT2D eigenvalue weighted by Gasteiger charge is 2.17. The lowest BCUT2D eigenvalue weighted by Crippen LogP contribution is -2.12. The van der Waals surface area contributed by atoms with Crippen molar-refractivity contribution < 1.29 is 27.4 Å². The summed E-state index contributed by atoms with van der Waals surface area (Å²) >= 11 is 1.23. The fourth-order valence-electron chi connectivity index (χ4n) is 3.07. The van der Waals surface area contributed by atoms with Gasteiger partial charge >= 0.3 is 0 Å². The summed E-state index contributed by atoms with van der Waals surface area (Å²) in [4.78, 5) is 4.71. The van der Waals surface area contributed by atoms with Crippen molar-refractivity contribution in [1.82, 2.24) is 4.68 Å². The molecule has 2 heterocycles. The van der Waals surface area contributed by atoms with Gasteiger partial charge in [0.15, 0.2) is 17.3 Å². The largest absolute Gasteiger partial charge is 0.493 e. The van der Waals surface area contributed by atoms with Crippen LogP contribution in [0.3, 0.4) is 0 Å². The second-order valence-electron chi connectivity index (χ2n) is 6.60. The number of methoxy groups -OCH3 is 3. The van der Waals surface area contributed by atoms with E-state index in [1.165, 1.54) is 55.9 Å². The van der Waals surface area contributed by atoms with Crippen LogP contribution in [0.2, 0.25) is 0 Å². The summed E-state index contributed by atoms with van der Waals surface area (Å²) in [5.41, 5.74) is 1.30. The molecule has 2 aromatic carbocycles. The summed E-state index contributed by atoms with van der Waals surface area (Å²) in [6.07, 6.45) is 3.03. The Morgan fingerprint density at radius 3 is 2.36 bits per heavy atom. The molecule has 0 aliphatic carbocycles. The number of furan rings is 1. The number of aromatic nitrogens is 1. The highest BCUT2D eigenvalue weighted by atomic mass is 32.1. The second-order valence-corrected chi connectivity index (χ2v) is 7.43. The zero-order valence-corrected chi connectivity index (χ0v) is 18.7. The number of hydrogen-bond acceptors (Lipinski definition) is 7. The summed E-state index contributed by atoms with van der Waals surface area (Å²) in [5.74, 6) is 0.426. The van der Waals surface area contributed by atoms with E-state index in [1.807, 2.05) is 0 Å². The van der Waals surface area contributed by atoms with Crippen LogP contribution < -0.4 is 19.0 Å². The van der Waals surface area contributed by atoms with Gasteiger partial charge in [-0.3, -0.25) is 0 Å². The lowest BCUT2D eigenvalue weighted by atomic mass is 10.1. The Morgan fingerprint density at radius 1 is 1.00 bits per heavy atom. The predicted molar refractivity (Wildman–Crippen MR) is 121 cm³/mol. The van der Waals surface area contributed by atoms with Gasteiger partial charge in [0.1, 0.15) is 17.3 Å². The standard InChI is InChI=1S/C23H19F2N3O4S/c1-29-20-9-14(10-21(30-2)22(20)31-3)19-13-33-23(27-18-7-6-15(24)11-17(18)25)28(19)26-12-16-5-4-8-32-16/h4-13H,1-3H3. The summed E-state index contributed by atoms with van der Waals surface area (Å²) < 4.78 is 50.7. The van der Waals surface area contributed by atoms with Gasteiger partial charge in [0.25, 0.3) is 0 Å². The molecule has 0 atom stereocenters. The zero-order valence-electron chi connectivity index (χ0n) is 17.9. The Morgan fingerprint density at radius 2 is 1.76 bits per heavy atom. The molecular weight excluding hydrogens is 452 g/mol. The number of rotatable bonds is 7. The smallest absolute Gasteiger partial charge is 0.211 e. The maximum absolute atomic E-state index is 14.2. The molecule has 2 aromatic heterocycles. The monoisotopic (exact) mass is 471 g/mol. The van der Waals surface area contributed by atoms with Crippen molar-refractivity contribution >= 4 is 23.2 Å². The van der Waals surface area contributed by atoms with Crippen molar-refractivity contribution in [2.45, 2.75) is 0 Å². The van der Waals surface area contributed by atoms with Gasteiger partial charge in [-0.15, -0.1) is 11.3 Å². The van der Waals surface area contributed by atoms with Gasteiger partial charge in [-0.25, -0.2) is 18.4 Å². The fraction of sp³-hybridized carbons (Fsp3) is 0.130. The molecule has 0 bridgehead atoms. The van der Waals surface area contributed by atoms with E-state index in [9.17, 15) is 8.78 Å². The third-order valence-corrected chi connectivity index (χ3v) is 5.43. The Labute approximate surface area is 191 Å². The van der Waals surface area contributed by atoms with Crippen molar-refractivity contribution in [3.8, 4) is 28.5 Å². The van der Waals surface area contributed by atoms with Crippen LogP contribution in [0.5, 0.6) is 17.2 Å². The first-order valence-electron chi connectivity index (χ1n) is 9.62. The van der Waals surface area contributed by atoms with Gasteiger partial charge in [0.2, 0.25) is 10.6 Å². The predicted octanol–water partition coefficient (Wildman–Crippen LogP) is 5.23. The maximum Gasteiger partial charge on any atom is 0.211 e. The van der Waals surface area contributed by atoms with Crippen molar-refractivity contribution in [1.29, 1.82) is 0 Å². The zero-order chi connectivity index (χ0) is 23.4. The van der Waals surface area contributed by atoms with Gasteiger partial charge in [-0.2, -0.15) is 5.10 Å². The van der Waals surface area contributed by atoms with E-state index >= 15 is 0 Å². The number of benzene rings is 2. The first-order chi connectivity index (χ1) is 16.0. The summed E-state index contributed by atoms with van der Waals surface area (Å²) in [7, 11) is 4.57. The molecule has 0 N–H and O–H groups in total. The molecule has 170 valence electrons. The molecule has 0 saturated carbocycles. The minimum atomic E-state index is -0.778. The number of nitrogens with zero attached hydrogens (tertiary/aromatic N) is 3. The number of ether oxygens (including phenoxy) is 3. The quantitative estimate of drug-likeness (QED) is 0.346. The average molecular weight is 471 g/mol. The highest BCUT2D eigenvalue weighted by molar-refractivity contribution is 7.07. The van der Waals surface area contributed by atoms with Crippen LogP contribution >= 0.6 is 11.3 Å². The van der Waals surface area contributed by atoms with E-state index in [2.05, 4.69) is 10.1 Å². The number of hydrogen-bond donors (Lipinski definition) is 0. The van der Waals surface area contributed by atoms with Crippen LogP contribution in [0.15, 0.2) is 68.6 Å². The first kappa shape index (κ1) is 22.3. The molecule has 0 aliphatic rings. The highest BCUT2D eigenvalue weighted by Crippen LogP contribution is 2.41. The maximum atomic E-state index is 14.2. The van der Waals surface area contributed by atoms with Crippen LogP contribution in [0.4, 0.5) is 14.5 Å². The Hall–Kier alpha value is -3.92. The van der Waals surface area contributed by atoms with E-state index in [1.54, 1.807) is 29.6 Å². The van der Waals surface area contributed by atoms with Gasteiger partial charge in [-0.05, 0) is 36.4 Å². The third kappa shape index (κ3) is 4.65. The Balaban J connectivity index is 1.92. The van der Waals surface area contributed by atoms with Gasteiger partial charge in [0, 0.05) is 17.0 Å². The van der Waals surface area contributed by atoms with Crippen LogP contribution in [0.25, 0.3) is 11.3 Å². The van der Waals surface area contributed by atoms with Crippen molar-refractivity contribution in [2.75, 3.05) is 21.3 Å². The topological polar surface area (TPSA) is 70.5 Å². The Bertz CT molecular complexity index is 1340. The molecule has 0 spiro atoms. The minimum absolute atomic E-state index is 0.0170. The molecule has 4 aromatic rings. The molecule has 0 amide bonds. The fourth-order valence-corrected chi connectivity index (χ4v) is 3.92. The molecule has 0 aliphatic heterocycles. The van der Waals surface area contributed by atoms with Gasteiger partial charge in [0.05, 0.1) is 39.5 Å². The second kappa shape index (κ2) is 9.70. The van der Waals surface area contributed by atoms with E-state index < -0.39 is 11.6 Å². The van der Waals surface area contributed by atoms with Crippen molar-refractivity contribution in [2.24, 2.45) is 10.1 Å². The summed E-state index contributed by atoms with van der Waals surface area (Å²) in [6, 6.07) is 10.2. The summed E-state index contributed by atoms with van der Waals surface area (Å²) in [5, 5.41) is 6.29. The van der Waals surface area contributed by atoms with Crippen LogP contribution in [-0.4, -0.2) is 32.2 Å². The molecule has 4 rings (SSSR count). The molecule has 10 heteroatoms. The average Bonchev–Trinajstić information content (AvgIpc) is 3.48. The molecule has 0 fully saturated rings. The van der Waals surface area contributed by atoms with E-state index in [4.69, 9.17) is 18.6 Å². The van der Waals surface area contributed by atoms with E-state index in [0.29, 0.717) is 39.1 Å². The molecule has 33 heavy (non-hydrogen) atoms. The number of halogens is 2. The molecular formula is C23H19F2N3O4S. The molecule has 0 radical (unpaired) electrons. The van der Waals surface area contributed by atoms with Crippen molar-refractivity contribution in [3.63, 3.8) is 0 Å². The van der Waals surface area contributed by atoms with Gasteiger partial charge < -0.3 is 18.6 Å². The van der Waals surface area contributed by atoms with E-state index in [-0.39, 0.29) is 5.69 Å². The lowest BCUT2D eigenvalue weighted by Gasteiger charge is -2.14. The Kier molecular flexibility index (Phi) is 6.55.